The summed E-state index contributed by atoms with van der Waals surface area (Å²) < 4.78 is 5.29. The first-order chi connectivity index (χ1) is 10.9. The second kappa shape index (κ2) is 7.78. The van der Waals surface area contributed by atoms with E-state index < -0.39 is 0 Å². The van der Waals surface area contributed by atoms with Gasteiger partial charge in [-0.2, -0.15) is 7.11 Å². The Morgan fingerprint density at radius 3 is 2.26 bits per heavy atom. The lowest BCUT2D eigenvalue weighted by Crippen LogP contribution is -2.16. The summed E-state index contributed by atoms with van der Waals surface area (Å²) in [5.74, 6) is 0. The fraction of sp³-hybridized carbons (Fsp3) is 0.412. The molecule has 0 bridgehead atoms. The van der Waals surface area contributed by atoms with Gasteiger partial charge in [0, 0.05) is 31.9 Å². The van der Waals surface area contributed by atoms with Crippen molar-refractivity contribution in [1.82, 2.24) is 9.36 Å². The molecule has 126 valence electrons. The molecule has 0 aliphatic heterocycles. The topological polar surface area (TPSA) is 67.1 Å². The molecule has 0 N–H and O–H groups in total. The van der Waals surface area contributed by atoms with Gasteiger partial charge >= 0.3 is 0 Å². The van der Waals surface area contributed by atoms with Crippen LogP contribution in [0.5, 0.6) is 0 Å². The zero-order valence-corrected chi connectivity index (χ0v) is 14.8. The number of aryl methyl sites for hydroxylation is 1. The summed E-state index contributed by atoms with van der Waals surface area (Å²) >= 11 is 0. The van der Waals surface area contributed by atoms with Gasteiger partial charge < -0.3 is 10.4 Å². The Kier molecular flexibility index (Phi) is 6.33. The molecule has 0 fully saturated rings. The molecule has 0 atom stereocenters. The van der Waals surface area contributed by atoms with Crippen molar-refractivity contribution in [3.8, 4) is 0 Å². The van der Waals surface area contributed by atoms with Gasteiger partial charge in [0.1, 0.15) is 13.3 Å². The van der Waals surface area contributed by atoms with Crippen LogP contribution in [-0.2, 0) is 14.1 Å². The minimum absolute atomic E-state index is 0.0779. The minimum Gasteiger partial charge on any atom is -0.857 e. The van der Waals surface area contributed by atoms with E-state index in [9.17, 15) is 4.79 Å². The molecule has 1 heterocycles. The predicted molar refractivity (Wildman–Crippen MR) is 92.8 cm³/mol. The van der Waals surface area contributed by atoms with Crippen molar-refractivity contribution in [2.45, 2.75) is 20.8 Å². The van der Waals surface area contributed by atoms with E-state index in [0.717, 1.165) is 36.3 Å². The molecule has 0 amide bonds. The zero-order chi connectivity index (χ0) is 17.7. The highest BCUT2D eigenvalue weighted by Gasteiger charge is 2.07. The third kappa shape index (κ3) is 3.71. The van der Waals surface area contributed by atoms with Crippen molar-refractivity contribution >= 4 is 23.8 Å². The quantitative estimate of drug-likeness (QED) is 0.639. The van der Waals surface area contributed by atoms with Crippen LogP contribution in [0.3, 0.4) is 0 Å². The number of nitrogens with zero attached hydrogens (tertiary/aromatic N) is 4. The first kappa shape index (κ1) is 18.7. The summed E-state index contributed by atoms with van der Waals surface area (Å²) in [5.41, 5.74) is 4.17. The predicted octanol–water partition coefficient (Wildman–Crippen LogP) is 2.02. The Hall–Kier alpha value is -2.34. The summed E-state index contributed by atoms with van der Waals surface area (Å²) in [6, 6.07) is 5.95. The normalized spacial score (nSPS) is 10.0. The second-order valence-corrected chi connectivity index (χ2v) is 5.23. The summed E-state index contributed by atoms with van der Waals surface area (Å²) in [5, 5.41) is 12.8. The molecule has 0 spiro atoms. The van der Waals surface area contributed by atoms with Gasteiger partial charge in [-0.3, -0.25) is 14.2 Å². The Bertz CT molecular complexity index is 757. The van der Waals surface area contributed by atoms with E-state index >= 15 is 0 Å². The largest absolute Gasteiger partial charge is 0.857 e. The van der Waals surface area contributed by atoms with Crippen molar-refractivity contribution in [1.29, 1.82) is 0 Å². The molecule has 0 saturated heterocycles. The summed E-state index contributed by atoms with van der Waals surface area (Å²) in [6.45, 7) is 10.8. The fourth-order valence-electron chi connectivity index (χ4n) is 2.22. The highest BCUT2D eigenvalue weighted by Crippen LogP contribution is 2.34. The molecule has 1 aromatic carbocycles. The van der Waals surface area contributed by atoms with Gasteiger partial charge in [0.05, 0.1) is 0 Å². The van der Waals surface area contributed by atoms with E-state index in [2.05, 4.69) is 19.0 Å². The molecule has 2 rings (SSSR count). The Morgan fingerprint density at radius 2 is 1.83 bits per heavy atom. The number of benzene rings is 1. The Labute approximate surface area is 137 Å². The third-order valence-corrected chi connectivity index (χ3v) is 3.93. The maximum Gasteiger partial charge on any atom is 0.251 e. The molecular formula is C17H25N4O2-. The van der Waals surface area contributed by atoms with Crippen LogP contribution >= 0.6 is 0 Å². The molecule has 0 saturated carbocycles. The van der Waals surface area contributed by atoms with Crippen LogP contribution in [0.25, 0.3) is 5.32 Å². The van der Waals surface area contributed by atoms with Crippen molar-refractivity contribution in [3.05, 3.63) is 45.1 Å². The molecule has 1 aromatic heterocycles. The molecule has 2 aromatic rings. The molecule has 0 radical (unpaired) electrons. The van der Waals surface area contributed by atoms with Crippen LogP contribution in [0.15, 0.2) is 23.0 Å². The average Bonchev–Trinajstić information content (AvgIpc) is 2.75. The van der Waals surface area contributed by atoms with E-state index in [-0.39, 0.29) is 5.56 Å². The third-order valence-electron chi connectivity index (χ3n) is 3.93. The smallest absolute Gasteiger partial charge is 0.251 e. The maximum absolute atomic E-state index is 12.2. The van der Waals surface area contributed by atoms with Gasteiger partial charge in [-0.05, 0) is 26.5 Å². The molecular weight excluding hydrogens is 292 g/mol. The van der Waals surface area contributed by atoms with Gasteiger partial charge in [-0.15, -0.1) is 5.69 Å². The molecule has 23 heavy (non-hydrogen) atoms. The number of rotatable bonds is 4. The number of hydrogen-bond acceptors (Lipinski definition) is 2. The first-order valence-electron chi connectivity index (χ1n) is 7.40. The van der Waals surface area contributed by atoms with Gasteiger partial charge in [0.15, 0.2) is 0 Å². The molecule has 0 aliphatic carbocycles. The van der Waals surface area contributed by atoms with Crippen molar-refractivity contribution in [2.24, 2.45) is 14.1 Å². The molecule has 0 unspecified atom stereocenters. The lowest BCUT2D eigenvalue weighted by Gasteiger charge is -2.23. The Balaban J connectivity index is 0.00000127. The number of hydrogen-bond donors (Lipinski definition) is 0. The van der Waals surface area contributed by atoms with Gasteiger partial charge in [0.25, 0.3) is 5.56 Å². The van der Waals surface area contributed by atoms with E-state index in [1.807, 2.05) is 43.7 Å². The molecule has 6 nitrogen and oxygen atoms in total. The van der Waals surface area contributed by atoms with E-state index in [0.29, 0.717) is 5.69 Å². The lowest BCUT2D eigenvalue weighted by atomic mass is 10.1. The molecule has 0 aliphatic rings. The highest BCUT2D eigenvalue weighted by molar-refractivity contribution is 5.71. The van der Waals surface area contributed by atoms with Gasteiger partial charge in [-0.1, -0.05) is 11.6 Å². The van der Waals surface area contributed by atoms with Crippen LogP contribution in [0.2, 0.25) is 0 Å². The number of aromatic nitrogens is 2. The van der Waals surface area contributed by atoms with Crippen LogP contribution in [0.4, 0.5) is 17.1 Å². The van der Waals surface area contributed by atoms with E-state index in [1.165, 1.54) is 0 Å². The monoisotopic (exact) mass is 317 g/mol. The van der Waals surface area contributed by atoms with Gasteiger partial charge in [-0.25, -0.2) is 4.58 Å². The fourth-order valence-corrected chi connectivity index (χ4v) is 2.22. The van der Waals surface area contributed by atoms with E-state index in [4.69, 9.17) is 5.11 Å². The standard InChI is InChI=1S/C16H22N4O.CH3O/c1-7-18(4)13-8-9-14(11(2)10-13)17-15-12(3)19(5)20(6)16(15)21;1-2/h8-10H,4,7H2,1-3,5-6H3;1H3/q;-1. The summed E-state index contributed by atoms with van der Waals surface area (Å²) in [7, 11) is 4.35. The van der Waals surface area contributed by atoms with Crippen molar-refractivity contribution in [2.75, 3.05) is 13.7 Å². The SMILES string of the molecule is C=[N+](CC)c1ccc([N-]c2c(C)n(C)n(C)c2=O)c(C)c1.C[O-]. The van der Waals surface area contributed by atoms with Crippen LogP contribution in [0, 0.1) is 13.8 Å². The van der Waals surface area contributed by atoms with Crippen LogP contribution < -0.4 is 10.7 Å². The highest BCUT2D eigenvalue weighted by atomic mass is 16.2. The lowest BCUT2D eigenvalue weighted by molar-refractivity contribution is -0.426. The summed E-state index contributed by atoms with van der Waals surface area (Å²) in [4.78, 5) is 12.2. The summed E-state index contributed by atoms with van der Waals surface area (Å²) in [6.07, 6.45) is 0. The van der Waals surface area contributed by atoms with E-state index in [1.54, 1.807) is 16.4 Å². The molecule has 6 heteroatoms. The Morgan fingerprint density at radius 1 is 1.22 bits per heavy atom. The zero-order valence-electron chi connectivity index (χ0n) is 14.8. The van der Waals surface area contributed by atoms with Crippen molar-refractivity contribution in [3.63, 3.8) is 0 Å². The van der Waals surface area contributed by atoms with Crippen LogP contribution in [0.1, 0.15) is 18.2 Å². The second-order valence-electron chi connectivity index (χ2n) is 5.23. The van der Waals surface area contributed by atoms with Crippen LogP contribution in [-0.4, -0.2) is 34.3 Å². The minimum atomic E-state index is -0.0779. The maximum atomic E-state index is 12.2. The van der Waals surface area contributed by atoms with Gasteiger partial charge in [0.2, 0.25) is 5.69 Å². The van der Waals surface area contributed by atoms with Crippen molar-refractivity contribution < 1.29 is 9.68 Å². The average molecular weight is 317 g/mol. The first-order valence-corrected chi connectivity index (χ1v) is 7.40.